The van der Waals surface area contributed by atoms with E-state index in [1.165, 1.54) is 18.4 Å². The number of hydrogen-bond donors (Lipinski definition) is 0. The van der Waals surface area contributed by atoms with Crippen LogP contribution in [0, 0.1) is 0 Å². The summed E-state index contributed by atoms with van der Waals surface area (Å²) in [7, 11) is 1.32. The van der Waals surface area contributed by atoms with Gasteiger partial charge in [-0.25, -0.2) is 0 Å². The van der Waals surface area contributed by atoms with Crippen LogP contribution in [0.4, 0.5) is 0 Å². The van der Waals surface area contributed by atoms with Gasteiger partial charge in [-0.05, 0) is 30.3 Å². The van der Waals surface area contributed by atoms with Gasteiger partial charge in [-0.15, -0.1) is 0 Å². The third-order valence-corrected chi connectivity index (χ3v) is 5.68. The molecule has 1 aromatic heterocycles. The third-order valence-electron chi connectivity index (χ3n) is 4.15. The Bertz CT molecular complexity index is 1140. The van der Waals surface area contributed by atoms with Crippen molar-refractivity contribution in [2.24, 2.45) is 4.99 Å². The number of esters is 1. The molecule has 0 fully saturated rings. The first-order valence-electron chi connectivity index (χ1n) is 8.38. The molecule has 9 heteroatoms. The average molecular weight is 463 g/mol. The largest absolute Gasteiger partial charge is 0.485 e. The van der Waals surface area contributed by atoms with Crippen LogP contribution in [0.5, 0.6) is 11.5 Å². The molecule has 0 aliphatic carbocycles. The molecule has 0 bridgehead atoms. The molecule has 1 atom stereocenters. The summed E-state index contributed by atoms with van der Waals surface area (Å²) in [6, 6.07) is 12.8. The third kappa shape index (κ3) is 3.67. The van der Waals surface area contributed by atoms with Crippen molar-refractivity contribution >= 4 is 49.4 Å². The Labute approximate surface area is 172 Å². The van der Waals surface area contributed by atoms with Crippen LogP contribution >= 0.6 is 27.3 Å². The van der Waals surface area contributed by atoms with E-state index in [0.29, 0.717) is 16.3 Å². The van der Waals surface area contributed by atoms with Crippen molar-refractivity contribution < 1.29 is 23.8 Å². The number of carbonyl (C=O) groups is 2. The number of amides is 1. The van der Waals surface area contributed by atoms with Crippen LogP contribution < -0.4 is 14.3 Å². The van der Waals surface area contributed by atoms with Gasteiger partial charge in [-0.2, -0.15) is 4.99 Å². The van der Waals surface area contributed by atoms with Gasteiger partial charge in [-0.3, -0.25) is 9.59 Å². The number of methoxy groups -OCH3 is 1. The maximum absolute atomic E-state index is 12.7. The number of nitrogens with zero attached hydrogens (tertiary/aromatic N) is 2. The molecule has 7 nitrogen and oxygen atoms in total. The first-order valence-corrected chi connectivity index (χ1v) is 9.99. The molecule has 1 aliphatic heterocycles. The number of carbonyl (C=O) groups excluding carboxylic acids is 2. The minimum atomic E-state index is -0.849. The number of hydrogen-bond acceptors (Lipinski definition) is 6. The summed E-state index contributed by atoms with van der Waals surface area (Å²) in [6.07, 6.45) is -0.849. The molecule has 0 saturated carbocycles. The summed E-state index contributed by atoms with van der Waals surface area (Å²) in [5, 5.41) is 0. The van der Waals surface area contributed by atoms with Gasteiger partial charge in [0, 0.05) is 4.47 Å². The lowest BCUT2D eigenvalue weighted by atomic mass is 10.2. The van der Waals surface area contributed by atoms with Crippen LogP contribution in [0.2, 0.25) is 0 Å². The number of fused-ring (bicyclic) bond motifs is 2. The Balaban J connectivity index is 1.71. The number of ether oxygens (including phenoxy) is 3. The number of rotatable bonds is 3. The maximum atomic E-state index is 12.7. The van der Waals surface area contributed by atoms with E-state index >= 15 is 0 Å². The van der Waals surface area contributed by atoms with E-state index in [2.05, 4.69) is 20.9 Å². The molecule has 28 heavy (non-hydrogen) atoms. The zero-order valence-electron chi connectivity index (χ0n) is 14.8. The first kappa shape index (κ1) is 18.7. The lowest BCUT2D eigenvalue weighted by Crippen LogP contribution is -2.37. The van der Waals surface area contributed by atoms with Crippen molar-refractivity contribution in [1.82, 2.24) is 4.57 Å². The standard InChI is InChI=1S/C19H15BrN2O5S/c1-25-17(23)9-22-12-7-6-11(20)8-16(12)28-19(22)21-18(24)15-10-26-13-4-2-3-5-14(13)27-15/h2-8,15H,9-10H2,1H3. The number of thiazole rings is 1. The molecular formula is C19H15BrN2O5S. The van der Waals surface area contributed by atoms with Crippen molar-refractivity contribution in [3.63, 3.8) is 0 Å². The summed E-state index contributed by atoms with van der Waals surface area (Å²) < 4.78 is 19.5. The molecule has 0 N–H and O–H groups in total. The van der Waals surface area contributed by atoms with Crippen molar-refractivity contribution in [3.05, 3.63) is 51.7 Å². The molecule has 1 aliphatic rings. The molecule has 4 rings (SSSR count). The van der Waals surface area contributed by atoms with Gasteiger partial charge in [-0.1, -0.05) is 39.4 Å². The molecule has 0 spiro atoms. The lowest BCUT2D eigenvalue weighted by molar-refractivity contribution is -0.141. The minimum Gasteiger partial charge on any atom is -0.485 e. The SMILES string of the molecule is COC(=O)Cn1c(=NC(=O)C2COc3ccccc3O2)sc2cc(Br)ccc21. The van der Waals surface area contributed by atoms with Crippen LogP contribution in [0.25, 0.3) is 10.2 Å². The fourth-order valence-electron chi connectivity index (χ4n) is 2.79. The van der Waals surface area contributed by atoms with E-state index in [4.69, 9.17) is 14.2 Å². The van der Waals surface area contributed by atoms with Gasteiger partial charge in [0.25, 0.3) is 5.91 Å². The zero-order valence-corrected chi connectivity index (χ0v) is 17.2. The second-order valence-corrected chi connectivity index (χ2v) is 7.90. The van der Waals surface area contributed by atoms with Crippen LogP contribution in [-0.2, 0) is 20.9 Å². The maximum Gasteiger partial charge on any atom is 0.325 e. The van der Waals surface area contributed by atoms with E-state index < -0.39 is 18.0 Å². The molecule has 3 aromatic rings. The van der Waals surface area contributed by atoms with Crippen LogP contribution in [0.15, 0.2) is 51.9 Å². The molecule has 0 radical (unpaired) electrons. The number of halogens is 1. The highest BCUT2D eigenvalue weighted by Crippen LogP contribution is 2.31. The molecule has 2 aromatic carbocycles. The topological polar surface area (TPSA) is 79.1 Å². The monoisotopic (exact) mass is 462 g/mol. The highest BCUT2D eigenvalue weighted by atomic mass is 79.9. The van der Waals surface area contributed by atoms with E-state index in [-0.39, 0.29) is 13.2 Å². The molecule has 1 unspecified atom stereocenters. The van der Waals surface area contributed by atoms with Gasteiger partial charge in [0.1, 0.15) is 13.2 Å². The van der Waals surface area contributed by atoms with Crippen molar-refractivity contribution in [3.8, 4) is 11.5 Å². The molecule has 1 amide bonds. The van der Waals surface area contributed by atoms with Crippen molar-refractivity contribution in [2.45, 2.75) is 12.6 Å². The molecule has 144 valence electrons. The highest BCUT2D eigenvalue weighted by Gasteiger charge is 2.27. The molecule has 0 saturated heterocycles. The number of aromatic nitrogens is 1. The second kappa shape index (κ2) is 7.76. The minimum absolute atomic E-state index is 0.0465. The Morgan fingerprint density at radius 2 is 2.07 bits per heavy atom. The summed E-state index contributed by atoms with van der Waals surface area (Å²) in [5.74, 6) is 0.200. The van der Waals surface area contributed by atoms with E-state index in [0.717, 1.165) is 14.7 Å². The number of para-hydroxylation sites is 2. The Morgan fingerprint density at radius 1 is 1.29 bits per heavy atom. The van der Waals surface area contributed by atoms with Crippen LogP contribution in [0.3, 0.4) is 0 Å². The summed E-state index contributed by atoms with van der Waals surface area (Å²) in [5.41, 5.74) is 0.788. The molecular weight excluding hydrogens is 448 g/mol. The van der Waals surface area contributed by atoms with Crippen molar-refractivity contribution in [2.75, 3.05) is 13.7 Å². The van der Waals surface area contributed by atoms with Gasteiger partial charge in [0.2, 0.25) is 6.10 Å². The number of benzene rings is 2. The predicted octanol–water partition coefficient (Wildman–Crippen LogP) is 2.91. The molecule has 2 heterocycles. The summed E-state index contributed by atoms with van der Waals surface area (Å²) >= 11 is 4.74. The fourth-order valence-corrected chi connectivity index (χ4v) is 4.37. The smallest absolute Gasteiger partial charge is 0.325 e. The normalized spacial score (nSPS) is 16.2. The van der Waals surface area contributed by atoms with E-state index in [1.807, 2.05) is 24.3 Å². The van der Waals surface area contributed by atoms with E-state index in [1.54, 1.807) is 22.8 Å². The average Bonchev–Trinajstić information content (AvgIpc) is 3.03. The predicted molar refractivity (Wildman–Crippen MR) is 106 cm³/mol. The Hall–Kier alpha value is -2.65. The fraction of sp³-hybridized carbons (Fsp3) is 0.211. The van der Waals surface area contributed by atoms with Gasteiger partial charge in [0.05, 0.1) is 17.3 Å². The first-order chi connectivity index (χ1) is 13.5. The Morgan fingerprint density at radius 3 is 2.86 bits per heavy atom. The van der Waals surface area contributed by atoms with Gasteiger partial charge in [0.15, 0.2) is 16.3 Å². The van der Waals surface area contributed by atoms with Gasteiger partial charge >= 0.3 is 5.97 Å². The zero-order chi connectivity index (χ0) is 19.7. The summed E-state index contributed by atoms with van der Waals surface area (Å²) in [6.45, 7) is 0.0297. The van der Waals surface area contributed by atoms with Crippen LogP contribution in [0.1, 0.15) is 0 Å². The van der Waals surface area contributed by atoms with Gasteiger partial charge < -0.3 is 18.8 Å². The highest BCUT2D eigenvalue weighted by molar-refractivity contribution is 9.10. The van der Waals surface area contributed by atoms with Crippen LogP contribution in [-0.4, -0.2) is 36.3 Å². The Kier molecular flexibility index (Phi) is 5.19. The second-order valence-electron chi connectivity index (χ2n) is 5.97. The van der Waals surface area contributed by atoms with E-state index in [9.17, 15) is 9.59 Å². The van der Waals surface area contributed by atoms with Crippen molar-refractivity contribution in [1.29, 1.82) is 0 Å². The quantitative estimate of drug-likeness (QED) is 0.559. The lowest BCUT2D eigenvalue weighted by Gasteiger charge is -2.23. The summed E-state index contributed by atoms with van der Waals surface area (Å²) in [4.78, 5) is 29.2.